The van der Waals surface area contributed by atoms with Gasteiger partial charge in [-0.25, -0.2) is 0 Å². The van der Waals surface area contributed by atoms with Crippen LogP contribution in [0.1, 0.15) is 19.4 Å². The van der Waals surface area contributed by atoms with E-state index in [-0.39, 0.29) is 12.5 Å². The van der Waals surface area contributed by atoms with Gasteiger partial charge in [0.05, 0.1) is 6.61 Å². The van der Waals surface area contributed by atoms with Gasteiger partial charge in [-0.1, -0.05) is 26.0 Å². The number of nitrogens with zero attached hydrogens (tertiary/aromatic N) is 3. The number of aliphatic hydroxyl groups is 1. The van der Waals surface area contributed by atoms with Crippen molar-refractivity contribution in [3.05, 3.63) is 35.5 Å². The predicted octanol–water partition coefficient (Wildman–Crippen LogP) is 2.17. The van der Waals surface area contributed by atoms with E-state index in [4.69, 9.17) is 17.3 Å². The van der Waals surface area contributed by atoms with E-state index in [0.29, 0.717) is 29.8 Å². The third-order valence-electron chi connectivity index (χ3n) is 3.96. The molecule has 0 radical (unpaired) electrons. The van der Waals surface area contributed by atoms with Gasteiger partial charge in [-0.05, 0) is 41.9 Å². The van der Waals surface area contributed by atoms with Gasteiger partial charge in [0.2, 0.25) is 0 Å². The third kappa shape index (κ3) is 3.94. The number of carbonyl (C=O) groups is 1. The highest BCUT2D eigenvalue weighted by molar-refractivity contribution is 7.80. The van der Waals surface area contributed by atoms with Gasteiger partial charge in [0.15, 0.2) is 5.11 Å². The van der Waals surface area contributed by atoms with Crippen LogP contribution >= 0.6 is 12.2 Å². The normalized spacial score (nSPS) is 16.7. The lowest BCUT2D eigenvalue weighted by Gasteiger charge is -2.18. The Morgan fingerprint density at radius 2 is 1.92 bits per heavy atom. The lowest BCUT2D eigenvalue weighted by molar-refractivity contribution is -0.122. The van der Waals surface area contributed by atoms with E-state index in [9.17, 15) is 4.79 Å². The standard InChI is InChI=1S/C18H25N3O2S/c1-13(2)12-21-17(23)16(20(4)18(21)24)11-14-5-7-15(8-6-14)19(3)9-10-22/h5-8,11,13,22H,9-10,12H2,1-4H3. The highest BCUT2D eigenvalue weighted by Crippen LogP contribution is 2.24. The van der Waals surface area contributed by atoms with Crippen LogP contribution in [0.15, 0.2) is 30.0 Å². The van der Waals surface area contributed by atoms with E-state index in [2.05, 4.69) is 13.8 Å². The first-order valence-corrected chi connectivity index (χ1v) is 8.49. The van der Waals surface area contributed by atoms with Crippen LogP contribution < -0.4 is 4.90 Å². The lowest BCUT2D eigenvalue weighted by Crippen LogP contribution is -2.34. The molecule has 1 saturated heterocycles. The second-order valence-electron chi connectivity index (χ2n) is 6.42. The fraction of sp³-hybridized carbons (Fsp3) is 0.444. The van der Waals surface area contributed by atoms with Crippen LogP contribution in [-0.4, -0.2) is 59.7 Å². The minimum Gasteiger partial charge on any atom is -0.395 e. The topological polar surface area (TPSA) is 47.0 Å². The zero-order chi connectivity index (χ0) is 17.9. The molecule has 2 rings (SSSR count). The summed E-state index contributed by atoms with van der Waals surface area (Å²) < 4.78 is 0. The molecule has 1 aliphatic rings. The fourth-order valence-electron chi connectivity index (χ4n) is 2.60. The molecule has 0 bridgehead atoms. The smallest absolute Gasteiger partial charge is 0.276 e. The van der Waals surface area contributed by atoms with Crippen LogP contribution in [0.3, 0.4) is 0 Å². The van der Waals surface area contributed by atoms with Crippen molar-refractivity contribution in [1.29, 1.82) is 0 Å². The predicted molar refractivity (Wildman–Crippen MR) is 102 cm³/mol. The van der Waals surface area contributed by atoms with Crippen molar-refractivity contribution < 1.29 is 9.90 Å². The summed E-state index contributed by atoms with van der Waals surface area (Å²) in [6.45, 7) is 5.47. The number of carbonyl (C=O) groups excluding carboxylic acids is 1. The highest BCUT2D eigenvalue weighted by atomic mass is 32.1. The van der Waals surface area contributed by atoms with Crippen molar-refractivity contribution in [1.82, 2.24) is 9.80 Å². The molecule has 1 aliphatic heterocycles. The van der Waals surface area contributed by atoms with Crippen molar-refractivity contribution in [2.45, 2.75) is 13.8 Å². The third-order valence-corrected chi connectivity index (χ3v) is 4.46. The van der Waals surface area contributed by atoms with E-state index >= 15 is 0 Å². The van der Waals surface area contributed by atoms with E-state index in [1.165, 1.54) is 0 Å². The van der Waals surface area contributed by atoms with Gasteiger partial charge < -0.3 is 14.9 Å². The van der Waals surface area contributed by atoms with Crippen molar-refractivity contribution in [2.75, 3.05) is 38.7 Å². The number of aliphatic hydroxyl groups excluding tert-OH is 1. The van der Waals surface area contributed by atoms with Crippen molar-refractivity contribution in [3.63, 3.8) is 0 Å². The summed E-state index contributed by atoms with van der Waals surface area (Å²) in [6, 6.07) is 7.88. The molecule has 24 heavy (non-hydrogen) atoms. The molecule has 0 aromatic heterocycles. The molecule has 1 aromatic carbocycles. The Labute approximate surface area is 149 Å². The van der Waals surface area contributed by atoms with Crippen LogP contribution in [0, 0.1) is 5.92 Å². The Hall–Kier alpha value is -1.92. The summed E-state index contributed by atoms with van der Waals surface area (Å²) in [6.07, 6.45) is 1.87. The molecule has 0 saturated carbocycles. The van der Waals surface area contributed by atoms with Gasteiger partial charge in [-0.3, -0.25) is 9.69 Å². The Kier molecular flexibility index (Phi) is 5.96. The maximum Gasteiger partial charge on any atom is 0.276 e. The van der Waals surface area contributed by atoms with Gasteiger partial charge in [0, 0.05) is 32.9 Å². The molecule has 1 amide bonds. The molecule has 6 heteroatoms. The molecule has 130 valence electrons. The number of hydrogen-bond donors (Lipinski definition) is 1. The number of amides is 1. The lowest BCUT2D eigenvalue weighted by atomic mass is 10.1. The summed E-state index contributed by atoms with van der Waals surface area (Å²) in [5.41, 5.74) is 2.56. The number of hydrogen-bond acceptors (Lipinski definition) is 4. The van der Waals surface area contributed by atoms with Crippen LogP contribution in [0.2, 0.25) is 0 Å². The number of likely N-dealkylation sites (N-methyl/N-ethyl adjacent to an activating group) is 2. The van der Waals surface area contributed by atoms with Crippen LogP contribution in [-0.2, 0) is 4.79 Å². The first-order chi connectivity index (χ1) is 11.3. The zero-order valence-electron chi connectivity index (χ0n) is 14.7. The second kappa shape index (κ2) is 7.77. The Balaban J connectivity index is 2.21. The van der Waals surface area contributed by atoms with Gasteiger partial charge in [-0.15, -0.1) is 0 Å². The van der Waals surface area contributed by atoms with E-state index < -0.39 is 0 Å². The first kappa shape index (κ1) is 18.4. The van der Waals surface area contributed by atoms with Gasteiger partial charge in [0.1, 0.15) is 5.70 Å². The molecule has 0 spiro atoms. The zero-order valence-corrected chi connectivity index (χ0v) is 15.5. The van der Waals surface area contributed by atoms with Gasteiger partial charge in [0.25, 0.3) is 5.91 Å². The molecular weight excluding hydrogens is 322 g/mol. The SMILES string of the molecule is CC(C)CN1C(=O)C(=Cc2ccc(N(C)CCO)cc2)N(C)C1=S. The van der Waals surface area contributed by atoms with Gasteiger partial charge in [-0.2, -0.15) is 0 Å². The van der Waals surface area contributed by atoms with Crippen molar-refractivity contribution >= 4 is 35.0 Å². The van der Waals surface area contributed by atoms with Crippen LogP contribution in [0.25, 0.3) is 6.08 Å². The quantitative estimate of drug-likeness (QED) is 0.631. The molecule has 1 fully saturated rings. The summed E-state index contributed by atoms with van der Waals surface area (Å²) >= 11 is 5.40. The summed E-state index contributed by atoms with van der Waals surface area (Å²) in [5.74, 6) is 0.318. The van der Waals surface area contributed by atoms with E-state index in [0.717, 1.165) is 11.3 Å². The van der Waals surface area contributed by atoms with E-state index in [1.54, 1.807) is 9.80 Å². The molecular formula is C18H25N3O2S. The number of thiocarbonyl (C=S) groups is 1. The largest absolute Gasteiger partial charge is 0.395 e. The summed E-state index contributed by atoms with van der Waals surface area (Å²) in [7, 11) is 3.76. The number of anilines is 1. The molecule has 0 aliphatic carbocycles. The van der Waals surface area contributed by atoms with Crippen LogP contribution in [0.4, 0.5) is 5.69 Å². The van der Waals surface area contributed by atoms with Crippen molar-refractivity contribution in [2.24, 2.45) is 5.92 Å². The average molecular weight is 347 g/mol. The minimum atomic E-state index is -0.0438. The molecule has 0 unspecified atom stereocenters. The fourth-order valence-corrected chi connectivity index (χ4v) is 2.86. The summed E-state index contributed by atoms with van der Waals surface area (Å²) in [5, 5.41) is 9.56. The van der Waals surface area contributed by atoms with Gasteiger partial charge >= 0.3 is 0 Å². The first-order valence-electron chi connectivity index (χ1n) is 8.08. The average Bonchev–Trinajstić information content (AvgIpc) is 2.73. The molecule has 1 N–H and O–H groups in total. The minimum absolute atomic E-state index is 0.0438. The van der Waals surface area contributed by atoms with Crippen molar-refractivity contribution in [3.8, 4) is 0 Å². The number of benzene rings is 1. The van der Waals surface area contributed by atoms with Crippen LogP contribution in [0.5, 0.6) is 0 Å². The van der Waals surface area contributed by atoms with E-state index in [1.807, 2.05) is 49.3 Å². The number of rotatable bonds is 6. The monoisotopic (exact) mass is 347 g/mol. The molecule has 5 nitrogen and oxygen atoms in total. The Bertz CT molecular complexity index is 640. The molecule has 1 aromatic rings. The maximum atomic E-state index is 12.6. The molecule has 0 atom stereocenters. The highest BCUT2D eigenvalue weighted by Gasteiger charge is 2.35. The Morgan fingerprint density at radius 3 is 2.46 bits per heavy atom. The second-order valence-corrected chi connectivity index (χ2v) is 6.78. The Morgan fingerprint density at radius 1 is 1.29 bits per heavy atom. The summed E-state index contributed by atoms with van der Waals surface area (Å²) in [4.78, 5) is 18.0. The molecule has 1 heterocycles. The maximum absolute atomic E-state index is 12.6.